The fraction of sp³-hybridized carbons (Fsp3) is 0.188. The summed E-state index contributed by atoms with van der Waals surface area (Å²) in [4.78, 5) is 3.51. The standard InChI is InChI=1S/C16H11F6NO.2ClH.Ti/c1-9-4-2-5-10(14(9)24)8-23-12-7-3-6-11(15(17,18)19)13(12)16(20,21)22;;;/h2-8,24H,1H3;2*1H;/q;;;+2/p-2. The van der Waals surface area contributed by atoms with E-state index in [-0.39, 0.29) is 11.3 Å². The molecule has 0 amide bonds. The number of hydrogen-bond acceptors (Lipinski definition) is 2. The van der Waals surface area contributed by atoms with E-state index in [9.17, 15) is 31.4 Å². The van der Waals surface area contributed by atoms with E-state index in [1.807, 2.05) is 0 Å². The summed E-state index contributed by atoms with van der Waals surface area (Å²) in [7, 11) is 9.78. The molecule has 2 nitrogen and oxygen atoms in total. The minimum absolute atomic E-state index is 0.0977. The third-order valence-corrected chi connectivity index (χ3v) is 3.24. The van der Waals surface area contributed by atoms with Crippen LogP contribution in [0.5, 0.6) is 5.75 Å². The molecule has 0 aliphatic carbocycles. The number of aromatic hydroxyl groups is 1. The van der Waals surface area contributed by atoms with Crippen molar-refractivity contribution in [3.8, 4) is 5.75 Å². The molecule has 0 bridgehead atoms. The number of hydrogen-bond donors (Lipinski definition) is 1. The molecule has 146 valence electrons. The molecular formula is C16H11Cl2F6NOTi. The number of aliphatic imine (C=N–C) groups is 1. The molecule has 0 saturated carbocycles. The molecule has 0 spiro atoms. The van der Waals surface area contributed by atoms with Crippen LogP contribution in [-0.4, -0.2) is 11.3 Å². The second-order valence-electron chi connectivity index (χ2n) is 5.04. The third kappa shape index (κ3) is 6.71. The number of nitrogens with zero attached hydrogens (tertiary/aromatic N) is 1. The Hall–Kier alpha value is -1.22. The van der Waals surface area contributed by atoms with Gasteiger partial charge in [-0.2, -0.15) is 26.3 Å². The van der Waals surface area contributed by atoms with Gasteiger partial charge >= 0.3 is 48.0 Å². The number of halogens is 8. The predicted molar refractivity (Wildman–Crippen MR) is 88.2 cm³/mol. The van der Waals surface area contributed by atoms with Crippen molar-refractivity contribution in [2.75, 3.05) is 0 Å². The summed E-state index contributed by atoms with van der Waals surface area (Å²) in [6.45, 7) is 1.57. The van der Waals surface area contributed by atoms with Gasteiger partial charge < -0.3 is 5.11 Å². The molecule has 27 heavy (non-hydrogen) atoms. The normalized spacial score (nSPS) is 11.9. The number of phenols is 1. The SMILES string of the molecule is Cc1cccc(C=Nc2cccc(C(F)(F)F)c2C(F)(F)F)c1O.[Cl][Ti][Cl]. The fourth-order valence-electron chi connectivity index (χ4n) is 2.11. The summed E-state index contributed by atoms with van der Waals surface area (Å²) < 4.78 is 77.8. The number of aryl methyl sites for hydroxylation is 1. The minimum atomic E-state index is -5.23. The molecule has 0 heterocycles. The number of alkyl halides is 6. The molecule has 0 fully saturated rings. The van der Waals surface area contributed by atoms with E-state index in [2.05, 4.69) is 4.99 Å². The average molecular weight is 466 g/mol. The van der Waals surface area contributed by atoms with Crippen LogP contribution in [0.1, 0.15) is 22.3 Å². The summed E-state index contributed by atoms with van der Waals surface area (Å²) in [5.74, 6) is -0.207. The van der Waals surface area contributed by atoms with Gasteiger partial charge in [-0.3, -0.25) is 4.99 Å². The molecule has 0 aromatic heterocycles. The van der Waals surface area contributed by atoms with Gasteiger partial charge in [0.15, 0.2) is 0 Å². The maximum absolute atomic E-state index is 13.1. The molecular weight excluding hydrogens is 455 g/mol. The molecule has 2 aromatic carbocycles. The Kier molecular flexibility index (Phi) is 8.66. The van der Waals surface area contributed by atoms with Crippen molar-refractivity contribution in [1.29, 1.82) is 0 Å². The van der Waals surface area contributed by atoms with Crippen molar-refractivity contribution in [3.63, 3.8) is 0 Å². The number of para-hydroxylation sites is 1. The first kappa shape index (κ1) is 23.8. The third-order valence-electron chi connectivity index (χ3n) is 3.24. The van der Waals surface area contributed by atoms with Gasteiger partial charge in [0.05, 0.1) is 16.8 Å². The van der Waals surface area contributed by atoms with Crippen LogP contribution in [0.2, 0.25) is 0 Å². The van der Waals surface area contributed by atoms with E-state index < -0.39 is 46.2 Å². The number of phenolic OH excluding ortho intramolecular Hbond substituents is 1. The summed E-state index contributed by atoms with van der Waals surface area (Å²) in [5, 5.41) is 9.80. The van der Waals surface area contributed by atoms with Gasteiger partial charge in [-0.15, -0.1) is 0 Å². The molecule has 1 N–H and O–H groups in total. The van der Waals surface area contributed by atoms with E-state index in [1.54, 1.807) is 13.0 Å². The van der Waals surface area contributed by atoms with Gasteiger partial charge in [0.1, 0.15) is 5.75 Å². The van der Waals surface area contributed by atoms with Gasteiger partial charge in [-0.05, 0) is 30.7 Å². The van der Waals surface area contributed by atoms with Crippen LogP contribution in [-0.2, 0) is 29.4 Å². The Morgan fingerprint density at radius 2 is 1.52 bits per heavy atom. The molecule has 0 atom stereocenters. The summed E-state index contributed by atoms with van der Waals surface area (Å²) in [5.41, 5.74) is -3.99. The van der Waals surface area contributed by atoms with E-state index in [0.717, 1.165) is 18.3 Å². The molecule has 0 aliphatic heterocycles. The second-order valence-corrected chi connectivity index (χ2v) is 7.62. The topological polar surface area (TPSA) is 32.6 Å². The van der Waals surface area contributed by atoms with E-state index in [1.165, 1.54) is 12.1 Å². The van der Waals surface area contributed by atoms with Gasteiger partial charge in [0.25, 0.3) is 0 Å². The van der Waals surface area contributed by atoms with Gasteiger partial charge in [0.2, 0.25) is 0 Å². The van der Waals surface area contributed by atoms with Crippen molar-refractivity contribution in [2.24, 2.45) is 4.99 Å². The van der Waals surface area contributed by atoms with Gasteiger partial charge in [-0.25, -0.2) is 0 Å². The van der Waals surface area contributed by atoms with E-state index >= 15 is 0 Å². The molecule has 0 radical (unpaired) electrons. The summed E-state index contributed by atoms with van der Waals surface area (Å²) >= 11 is -0.556. The van der Waals surface area contributed by atoms with Gasteiger partial charge in [-0.1, -0.05) is 18.2 Å². The van der Waals surface area contributed by atoms with E-state index in [0.29, 0.717) is 11.6 Å². The van der Waals surface area contributed by atoms with Crippen LogP contribution in [0.3, 0.4) is 0 Å². The second kappa shape index (κ2) is 9.82. The van der Waals surface area contributed by atoms with Crippen molar-refractivity contribution >= 4 is 30.5 Å². The first-order valence-corrected chi connectivity index (χ1v) is 11.3. The zero-order chi connectivity index (χ0) is 20.8. The number of benzene rings is 2. The van der Waals surface area contributed by atoms with Crippen LogP contribution in [0.4, 0.5) is 32.0 Å². The van der Waals surface area contributed by atoms with Gasteiger partial charge in [0, 0.05) is 11.8 Å². The Bertz CT molecular complexity index is 808. The van der Waals surface area contributed by atoms with E-state index in [4.69, 9.17) is 18.6 Å². The molecule has 11 heteroatoms. The first-order valence-electron chi connectivity index (χ1n) is 6.99. The van der Waals surface area contributed by atoms with Crippen molar-refractivity contribution in [3.05, 3.63) is 58.7 Å². The number of rotatable bonds is 2. The quantitative estimate of drug-likeness (QED) is 0.293. The van der Waals surface area contributed by atoms with Crippen molar-refractivity contribution < 1.29 is 48.5 Å². The molecule has 2 rings (SSSR count). The first-order chi connectivity index (χ1) is 12.4. The Morgan fingerprint density at radius 3 is 2.04 bits per heavy atom. The Balaban J connectivity index is 0.00000114. The van der Waals surface area contributed by atoms with Crippen molar-refractivity contribution in [2.45, 2.75) is 19.3 Å². The fourth-order valence-corrected chi connectivity index (χ4v) is 2.11. The van der Waals surface area contributed by atoms with Crippen LogP contribution < -0.4 is 0 Å². The predicted octanol–water partition coefficient (Wildman–Crippen LogP) is 6.87. The zero-order valence-electron chi connectivity index (χ0n) is 13.5. The molecule has 0 aliphatic rings. The molecule has 0 unspecified atom stereocenters. The maximum atomic E-state index is 13.1. The average Bonchev–Trinajstić information content (AvgIpc) is 2.55. The Labute approximate surface area is 167 Å². The summed E-state index contributed by atoms with van der Waals surface area (Å²) in [6.07, 6.45) is -9.50. The summed E-state index contributed by atoms with van der Waals surface area (Å²) in [6, 6.07) is 6.52. The van der Waals surface area contributed by atoms with Crippen LogP contribution in [0, 0.1) is 6.92 Å². The van der Waals surface area contributed by atoms with Crippen LogP contribution >= 0.6 is 18.6 Å². The molecule has 2 aromatic rings. The van der Waals surface area contributed by atoms with Crippen molar-refractivity contribution in [1.82, 2.24) is 0 Å². The van der Waals surface area contributed by atoms with Crippen LogP contribution in [0.15, 0.2) is 41.4 Å². The Morgan fingerprint density at radius 1 is 0.963 bits per heavy atom. The molecule has 0 saturated heterocycles. The monoisotopic (exact) mass is 465 g/mol. The zero-order valence-corrected chi connectivity index (χ0v) is 16.5. The van der Waals surface area contributed by atoms with Crippen LogP contribution in [0.25, 0.3) is 0 Å².